The zero-order chi connectivity index (χ0) is 6.57. The van der Waals surface area contributed by atoms with Crippen LogP contribution in [0.25, 0.3) is 0 Å². The lowest BCUT2D eigenvalue weighted by Crippen LogP contribution is -2.22. The van der Waals surface area contributed by atoms with Crippen molar-refractivity contribution < 1.29 is 4.79 Å². The molecule has 0 aliphatic rings. The molecule has 48 valence electrons. The molecule has 0 fully saturated rings. The molecule has 0 rings (SSSR count). The zero-order valence-electron chi connectivity index (χ0n) is 5.18. The van der Waals surface area contributed by atoms with Crippen LogP contribution in [0, 0.1) is 5.21 Å². The molecule has 0 atom stereocenters. The lowest BCUT2D eigenvalue weighted by atomic mass is 10.5. The summed E-state index contributed by atoms with van der Waals surface area (Å²) >= 11 is 0. The quantitative estimate of drug-likeness (QED) is 0.499. The van der Waals surface area contributed by atoms with Gasteiger partial charge in [0.1, 0.15) is 0 Å². The van der Waals surface area contributed by atoms with E-state index in [-0.39, 0.29) is 0 Å². The number of hydrogen-bond acceptors (Lipinski definition) is 2. The molecule has 0 saturated carbocycles. The second kappa shape index (κ2) is 3.43. The van der Waals surface area contributed by atoms with E-state index in [0.29, 0.717) is 11.6 Å². The van der Waals surface area contributed by atoms with Crippen molar-refractivity contribution in [1.82, 2.24) is 5.06 Å². The Morgan fingerprint density at radius 2 is 2.25 bits per heavy atom. The lowest BCUT2D eigenvalue weighted by molar-refractivity contribution is -0.126. The van der Waals surface area contributed by atoms with E-state index in [9.17, 15) is 10.0 Å². The van der Waals surface area contributed by atoms with Gasteiger partial charge in [-0.1, -0.05) is 6.92 Å². The minimum atomic E-state index is -0.410. The molecular formula is C5H10NO2-. The van der Waals surface area contributed by atoms with Crippen molar-refractivity contribution in [1.29, 1.82) is 0 Å². The smallest absolute Gasteiger partial charge is 0.208 e. The Morgan fingerprint density at radius 3 is 2.38 bits per heavy atom. The van der Waals surface area contributed by atoms with Crippen molar-refractivity contribution in [3.05, 3.63) is 5.21 Å². The van der Waals surface area contributed by atoms with Crippen molar-refractivity contribution in [2.45, 2.75) is 20.3 Å². The molecule has 3 nitrogen and oxygen atoms in total. The Balaban J connectivity index is 3.32. The van der Waals surface area contributed by atoms with Crippen molar-refractivity contribution >= 4 is 5.91 Å². The van der Waals surface area contributed by atoms with Crippen LogP contribution >= 0.6 is 0 Å². The van der Waals surface area contributed by atoms with Gasteiger partial charge >= 0.3 is 0 Å². The highest BCUT2D eigenvalue weighted by atomic mass is 16.5. The Hall–Kier alpha value is -0.570. The lowest BCUT2D eigenvalue weighted by Gasteiger charge is -2.25. The summed E-state index contributed by atoms with van der Waals surface area (Å²) < 4.78 is 0. The molecule has 0 spiro atoms. The molecule has 0 aliphatic heterocycles. The third-order valence-corrected chi connectivity index (χ3v) is 0.778. The fourth-order valence-corrected chi connectivity index (χ4v) is 0.361. The van der Waals surface area contributed by atoms with Crippen LogP contribution in [-0.4, -0.2) is 17.5 Å². The van der Waals surface area contributed by atoms with Gasteiger partial charge in [-0.3, -0.25) is 4.79 Å². The first kappa shape index (κ1) is 7.43. The number of nitrogens with zero attached hydrogens (tertiary/aromatic N) is 1. The van der Waals surface area contributed by atoms with Gasteiger partial charge in [-0.15, -0.1) is 0 Å². The Labute approximate surface area is 48.9 Å². The molecule has 0 N–H and O–H groups in total. The number of carbonyl (C=O) groups excluding carboxylic acids is 1. The summed E-state index contributed by atoms with van der Waals surface area (Å²) in [6.45, 7) is 3.44. The van der Waals surface area contributed by atoms with Crippen LogP contribution in [0.4, 0.5) is 0 Å². The SMILES string of the molecule is CCCN([O-])C(C)=O. The van der Waals surface area contributed by atoms with Crippen LogP contribution in [-0.2, 0) is 4.79 Å². The van der Waals surface area contributed by atoms with Gasteiger partial charge in [0.2, 0.25) is 5.91 Å². The van der Waals surface area contributed by atoms with Crippen molar-refractivity contribution in [3.63, 3.8) is 0 Å². The molecule has 0 aliphatic carbocycles. The maximum absolute atomic E-state index is 10.3. The highest BCUT2D eigenvalue weighted by Crippen LogP contribution is 1.86. The molecule has 0 saturated heterocycles. The topological polar surface area (TPSA) is 43.4 Å². The first-order valence-electron chi connectivity index (χ1n) is 2.63. The van der Waals surface area contributed by atoms with Crippen LogP contribution in [0.1, 0.15) is 20.3 Å². The average Bonchev–Trinajstić information content (AvgIpc) is 1.67. The number of rotatable bonds is 2. The molecule has 0 heterocycles. The molecule has 8 heavy (non-hydrogen) atoms. The highest BCUT2D eigenvalue weighted by molar-refractivity contribution is 5.73. The summed E-state index contributed by atoms with van der Waals surface area (Å²) in [5.41, 5.74) is 0. The van der Waals surface area contributed by atoms with Gasteiger partial charge in [0.05, 0.1) is 0 Å². The summed E-state index contributed by atoms with van der Waals surface area (Å²) in [7, 11) is 0. The zero-order valence-corrected chi connectivity index (χ0v) is 5.18. The van der Waals surface area contributed by atoms with Gasteiger partial charge in [0.15, 0.2) is 0 Å². The normalized spacial score (nSPS) is 8.88. The number of hydroxylamine groups is 2. The van der Waals surface area contributed by atoms with E-state index in [4.69, 9.17) is 0 Å². The Kier molecular flexibility index (Phi) is 3.19. The molecule has 0 aromatic heterocycles. The molecule has 0 radical (unpaired) electrons. The summed E-state index contributed by atoms with van der Waals surface area (Å²) in [5.74, 6) is -0.410. The van der Waals surface area contributed by atoms with Crippen LogP contribution in [0.5, 0.6) is 0 Å². The van der Waals surface area contributed by atoms with Crippen molar-refractivity contribution in [3.8, 4) is 0 Å². The predicted octanol–water partition coefficient (Wildman–Crippen LogP) is 0.743. The van der Waals surface area contributed by atoms with Crippen LogP contribution in [0.15, 0.2) is 0 Å². The van der Waals surface area contributed by atoms with Gasteiger partial charge in [-0.2, -0.15) is 0 Å². The molecule has 0 aromatic carbocycles. The van der Waals surface area contributed by atoms with Gasteiger partial charge in [-0.25, -0.2) is 0 Å². The van der Waals surface area contributed by atoms with E-state index in [1.807, 2.05) is 6.92 Å². The maximum atomic E-state index is 10.3. The summed E-state index contributed by atoms with van der Waals surface area (Å²) in [4.78, 5) is 10.1. The van der Waals surface area contributed by atoms with E-state index < -0.39 is 5.91 Å². The Morgan fingerprint density at radius 1 is 1.75 bits per heavy atom. The number of hydrogen-bond donors (Lipinski definition) is 0. The minimum absolute atomic E-state index is 0.315. The molecule has 3 heteroatoms. The predicted molar refractivity (Wildman–Crippen MR) is 31.0 cm³/mol. The largest absolute Gasteiger partial charge is 0.756 e. The van der Waals surface area contributed by atoms with E-state index in [1.165, 1.54) is 6.92 Å². The van der Waals surface area contributed by atoms with Crippen LogP contribution in [0.2, 0.25) is 0 Å². The fourth-order valence-electron chi connectivity index (χ4n) is 0.361. The standard InChI is InChI=1S/C5H10NO2/c1-3-4-6(8)5(2)7/h3-4H2,1-2H3/q-1. The molecule has 0 aromatic rings. The number of carbonyl (C=O) groups is 1. The maximum Gasteiger partial charge on any atom is 0.208 e. The molecule has 0 bridgehead atoms. The van der Waals surface area contributed by atoms with Crippen molar-refractivity contribution in [2.75, 3.05) is 6.54 Å². The van der Waals surface area contributed by atoms with Gasteiger partial charge in [0.25, 0.3) is 0 Å². The van der Waals surface area contributed by atoms with E-state index >= 15 is 0 Å². The first-order chi connectivity index (χ1) is 3.68. The third-order valence-electron chi connectivity index (χ3n) is 0.778. The average molecular weight is 116 g/mol. The highest BCUT2D eigenvalue weighted by Gasteiger charge is 1.90. The number of amides is 1. The first-order valence-corrected chi connectivity index (χ1v) is 2.63. The van der Waals surface area contributed by atoms with Gasteiger partial charge in [-0.05, 0) is 6.42 Å². The van der Waals surface area contributed by atoms with E-state index in [2.05, 4.69) is 0 Å². The van der Waals surface area contributed by atoms with Crippen molar-refractivity contribution in [2.24, 2.45) is 0 Å². The van der Waals surface area contributed by atoms with Crippen LogP contribution < -0.4 is 0 Å². The summed E-state index contributed by atoms with van der Waals surface area (Å²) in [6, 6.07) is 0. The summed E-state index contributed by atoms with van der Waals surface area (Å²) in [6.07, 6.45) is 0.725. The van der Waals surface area contributed by atoms with Crippen LogP contribution in [0.3, 0.4) is 0 Å². The third kappa shape index (κ3) is 2.58. The second-order valence-electron chi connectivity index (χ2n) is 1.62. The summed E-state index contributed by atoms with van der Waals surface area (Å²) in [5, 5.41) is 10.8. The molecular weight excluding hydrogens is 106 g/mol. The minimum Gasteiger partial charge on any atom is -0.756 e. The Bertz CT molecular complexity index is 82.5. The van der Waals surface area contributed by atoms with Gasteiger partial charge in [0, 0.05) is 13.5 Å². The molecule has 0 unspecified atom stereocenters. The monoisotopic (exact) mass is 116 g/mol. The fraction of sp³-hybridized carbons (Fsp3) is 0.800. The van der Waals surface area contributed by atoms with E-state index in [1.54, 1.807) is 0 Å². The molecule has 1 amide bonds. The van der Waals surface area contributed by atoms with Gasteiger partial charge < -0.3 is 10.3 Å². The van der Waals surface area contributed by atoms with E-state index in [0.717, 1.165) is 6.42 Å². The second-order valence-corrected chi connectivity index (χ2v) is 1.62.